The van der Waals surface area contributed by atoms with Crippen molar-refractivity contribution in [2.75, 3.05) is 22.5 Å². The molecular formula is C21H20N4O4S2. The Labute approximate surface area is 183 Å². The van der Waals surface area contributed by atoms with Gasteiger partial charge in [-0.15, -0.1) is 10.2 Å². The molecule has 4 rings (SSSR count). The van der Waals surface area contributed by atoms with Gasteiger partial charge in [-0.1, -0.05) is 47.7 Å². The normalized spacial score (nSPS) is 16.5. The largest absolute Gasteiger partial charge is 0.311 e. The van der Waals surface area contributed by atoms with Gasteiger partial charge in [0.05, 0.1) is 4.90 Å². The van der Waals surface area contributed by atoms with Crippen molar-refractivity contribution >= 4 is 43.8 Å². The molecule has 2 amide bonds. The van der Waals surface area contributed by atoms with Crippen LogP contribution in [0.5, 0.6) is 0 Å². The molecule has 1 N–H and O–H groups in total. The van der Waals surface area contributed by atoms with Crippen LogP contribution in [-0.4, -0.2) is 42.7 Å². The van der Waals surface area contributed by atoms with E-state index >= 15 is 0 Å². The molecule has 0 spiro atoms. The molecule has 1 aromatic heterocycles. The van der Waals surface area contributed by atoms with Gasteiger partial charge in [0, 0.05) is 24.6 Å². The minimum absolute atomic E-state index is 0.00837. The van der Waals surface area contributed by atoms with Gasteiger partial charge >= 0.3 is 0 Å². The Kier molecular flexibility index (Phi) is 5.84. The molecule has 2 heterocycles. The van der Waals surface area contributed by atoms with Gasteiger partial charge in [0.1, 0.15) is 10.8 Å². The quantitative estimate of drug-likeness (QED) is 0.611. The van der Waals surface area contributed by atoms with Crippen molar-refractivity contribution in [3.05, 3.63) is 65.2 Å². The molecule has 31 heavy (non-hydrogen) atoms. The topological polar surface area (TPSA) is 109 Å². The third-order valence-corrected chi connectivity index (χ3v) is 7.62. The van der Waals surface area contributed by atoms with Crippen LogP contribution in [0.2, 0.25) is 0 Å². The molecule has 1 aliphatic rings. The van der Waals surface area contributed by atoms with Crippen LogP contribution in [0.1, 0.15) is 22.9 Å². The summed E-state index contributed by atoms with van der Waals surface area (Å²) in [5.74, 6) is -1.50. The lowest BCUT2D eigenvalue weighted by Gasteiger charge is -2.18. The number of aromatic nitrogens is 2. The molecule has 1 fully saturated rings. The van der Waals surface area contributed by atoms with Crippen molar-refractivity contribution in [3.63, 3.8) is 0 Å². The molecule has 2 aromatic carbocycles. The Morgan fingerprint density at radius 2 is 1.84 bits per heavy atom. The van der Waals surface area contributed by atoms with E-state index in [-0.39, 0.29) is 21.9 Å². The fourth-order valence-electron chi connectivity index (χ4n) is 3.46. The van der Waals surface area contributed by atoms with Gasteiger partial charge in [0.2, 0.25) is 16.9 Å². The fourth-order valence-corrected chi connectivity index (χ4v) is 5.47. The number of carbonyl (C=O) groups is 2. The van der Waals surface area contributed by atoms with Gasteiger partial charge in [-0.25, -0.2) is 8.42 Å². The minimum Gasteiger partial charge on any atom is -0.311 e. The third kappa shape index (κ3) is 4.64. The lowest BCUT2D eigenvalue weighted by atomic mass is 10.1. The molecule has 3 aromatic rings. The van der Waals surface area contributed by atoms with Crippen molar-refractivity contribution in [1.82, 2.24) is 10.2 Å². The van der Waals surface area contributed by atoms with E-state index in [1.807, 2.05) is 31.2 Å². The number of anilines is 2. The molecule has 0 radical (unpaired) electrons. The van der Waals surface area contributed by atoms with Gasteiger partial charge in [0.25, 0.3) is 0 Å². The Balaban J connectivity index is 1.41. The maximum absolute atomic E-state index is 12.5. The standard InChI is InChI=1S/C21H20N4O4S2/c1-14-7-5-6-10-17(14)25-12-15(11-19(25)27)20-23-24-21(30-20)22-18(26)13-31(28,29)16-8-3-2-4-9-16/h2-10,15H,11-13H2,1H3,(H,22,24,26)/t15-/m1/s1. The average molecular weight is 457 g/mol. The Bertz CT molecular complexity index is 1220. The molecule has 160 valence electrons. The highest BCUT2D eigenvalue weighted by Gasteiger charge is 2.34. The van der Waals surface area contributed by atoms with Crippen molar-refractivity contribution in [3.8, 4) is 0 Å². The molecule has 1 saturated heterocycles. The molecule has 0 bridgehead atoms. The lowest BCUT2D eigenvalue weighted by Crippen LogP contribution is -2.25. The first-order chi connectivity index (χ1) is 14.8. The average Bonchev–Trinajstić information content (AvgIpc) is 3.35. The summed E-state index contributed by atoms with van der Waals surface area (Å²) in [5, 5.41) is 11.4. The van der Waals surface area contributed by atoms with E-state index in [1.165, 1.54) is 12.1 Å². The number of para-hydroxylation sites is 1. The summed E-state index contributed by atoms with van der Waals surface area (Å²) in [6.45, 7) is 2.44. The third-order valence-electron chi connectivity index (χ3n) is 4.99. The number of hydrogen-bond acceptors (Lipinski definition) is 7. The lowest BCUT2D eigenvalue weighted by molar-refractivity contribution is -0.117. The Morgan fingerprint density at radius 1 is 1.13 bits per heavy atom. The number of hydrogen-bond donors (Lipinski definition) is 1. The fraction of sp³-hybridized carbons (Fsp3) is 0.238. The van der Waals surface area contributed by atoms with E-state index in [0.29, 0.717) is 18.0 Å². The van der Waals surface area contributed by atoms with Crippen LogP contribution in [0.4, 0.5) is 10.8 Å². The smallest absolute Gasteiger partial charge is 0.241 e. The molecular weight excluding hydrogens is 436 g/mol. The van der Waals surface area contributed by atoms with E-state index in [1.54, 1.807) is 23.1 Å². The highest BCUT2D eigenvalue weighted by atomic mass is 32.2. The molecule has 0 aliphatic carbocycles. The zero-order chi connectivity index (χ0) is 22.0. The van der Waals surface area contributed by atoms with E-state index in [4.69, 9.17) is 0 Å². The van der Waals surface area contributed by atoms with E-state index in [0.717, 1.165) is 22.6 Å². The molecule has 1 atom stereocenters. The minimum atomic E-state index is -3.74. The summed E-state index contributed by atoms with van der Waals surface area (Å²) in [5.41, 5.74) is 1.89. The number of nitrogens with one attached hydrogen (secondary N) is 1. The first-order valence-electron chi connectivity index (χ1n) is 9.60. The maximum Gasteiger partial charge on any atom is 0.241 e. The highest BCUT2D eigenvalue weighted by molar-refractivity contribution is 7.92. The predicted molar refractivity (Wildman–Crippen MR) is 118 cm³/mol. The highest BCUT2D eigenvalue weighted by Crippen LogP contribution is 2.35. The number of sulfone groups is 1. The monoisotopic (exact) mass is 456 g/mol. The van der Waals surface area contributed by atoms with Gasteiger partial charge in [0.15, 0.2) is 9.84 Å². The summed E-state index contributed by atoms with van der Waals surface area (Å²) in [6, 6.07) is 15.5. The molecule has 1 aliphatic heterocycles. The van der Waals surface area contributed by atoms with Gasteiger partial charge in [-0.05, 0) is 30.7 Å². The second kappa shape index (κ2) is 8.56. The number of carbonyl (C=O) groups excluding carboxylic acids is 2. The first kappa shape index (κ1) is 21.1. The molecule has 10 heteroatoms. The predicted octanol–water partition coefficient (Wildman–Crippen LogP) is 2.78. The van der Waals surface area contributed by atoms with Crippen molar-refractivity contribution in [2.45, 2.75) is 24.2 Å². The number of amides is 2. The second-order valence-corrected chi connectivity index (χ2v) is 10.3. The Hall–Kier alpha value is -3.11. The maximum atomic E-state index is 12.5. The summed E-state index contributed by atoms with van der Waals surface area (Å²) in [6.07, 6.45) is 0.305. The second-order valence-electron chi connectivity index (χ2n) is 7.26. The summed E-state index contributed by atoms with van der Waals surface area (Å²) in [4.78, 5) is 26.6. The summed E-state index contributed by atoms with van der Waals surface area (Å²) >= 11 is 1.16. The SMILES string of the molecule is Cc1ccccc1N1C[C@H](c2nnc(NC(=O)CS(=O)(=O)c3ccccc3)s2)CC1=O. The molecule has 0 unspecified atom stereocenters. The number of benzene rings is 2. The number of nitrogens with zero attached hydrogens (tertiary/aromatic N) is 3. The summed E-state index contributed by atoms with van der Waals surface area (Å²) in [7, 11) is -3.74. The van der Waals surface area contributed by atoms with Crippen molar-refractivity contribution < 1.29 is 18.0 Å². The van der Waals surface area contributed by atoms with E-state index in [2.05, 4.69) is 15.5 Å². The number of aryl methyl sites for hydroxylation is 1. The van der Waals surface area contributed by atoms with Crippen LogP contribution in [-0.2, 0) is 19.4 Å². The van der Waals surface area contributed by atoms with Gasteiger partial charge in [-0.2, -0.15) is 0 Å². The van der Waals surface area contributed by atoms with Crippen molar-refractivity contribution in [2.24, 2.45) is 0 Å². The molecule has 8 nitrogen and oxygen atoms in total. The van der Waals surface area contributed by atoms with E-state index in [9.17, 15) is 18.0 Å². The van der Waals surface area contributed by atoms with Gasteiger partial charge in [-0.3, -0.25) is 14.9 Å². The van der Waals surface area contributed by atoms with Crippen LogP contribution in [0.3, 0.4) is 0 Å². The number of rotatable bonds is 6. The van der Waals surface area contributed by atoms with Crippen molar-refractivity contribution in [1.29, 1.82) is 0 Å². The first-order valence-corrected chi connectivity index (χ1v) is 12.1. The molecule has 0 saturated carbocycles. The van der Waals surface area contributed by atoms with Crippen LogP contribution in [0, 0.1) is 6.92 Å². The zero-order valence-electron chi connectivity index (χ0n) is 16.7. The summed E-state index contributed by atoms with van der Waals surface area (Å²) < 4.78 is 24.7. The van der Waals surface area contributed by atoms with Crippen LogP contribution in [0.15, 0.2) is 59.5 Å². The van der Waals surface area contributed by atoms with Crippen LogP contribution in [0.25, 0.3) is 0 Å². The van der Waals surface area contributed by atoms with Crippen LogP contribution >= 0.6 is 11.3 Å². The Morgan fingerprint density at radius 3 is 2.58 bits per heavy atom. The van der Waals surface area contributed by atoms with Gasteiger partial charge < -0.3 is 4.90 Å². The zero-order valence-corrected chi connectivity index (χ0v) is 18.3. The van der Waals surface area contributed by atoms with E-state index < -0.39 is 21.5 Å². The van der Waals surface area contributed by atoms with Crippen LogP contribution < -0.4 is 10.2 Å².